The minimum atomic E-state index is 0.284. The SMILES string of the molecule is CCCCCCCCC1(CCl)CCOC1C. The summed E-state index contributed by atoms with van der Waals surface area (Å²) in [6.45, 7) is 5.36. The molecular weight excluding hydrogens is 220 g/mol. The van der Waals surface area contributed by atoms with Gasteiger partial charge < -0.3 is 4.74 Å². The van der Waals surface area contributed by atoms with Crippen LogP contribution in [-0.4, -0.2) is 18.6 Å². The molecule has 2 atom stereocenters. The second-order valence-corrected chi connectivity index (χ2v) is 5.54. The fraction of sp³-hybridized carbons (Fsp3) is 1.00. The molecule has 1 nitrogen and oxygen atoms in total. The summed E-state index contributed by atoms with van der Waals surface area (Å²) >= 11 is 6.14. The lowest BCUT2D eigenvalue weighted by Crippen LogP contribution is -2.30. The molecule has 0 spiro atoms. The lowest BCUT2D eigenvalue weighted by Gasteiger charge is -2.29. The van der Waals surface area contributed by atoms with E-state index in [1.807, 2.05) is 0 Å². The Morgan fingerprint density at radius 1 is 1.19 bits per heavy atom. The smallest absolute Gasteiger partial charge is 0.0615 e. The third-order valence-electron chi connectivity index (χ3n) is 4.12. The van der Waals surface area contributed by atoms with E-state index >= 15 is 0 Å². The van der Waals surface area contributed by atoms with Crippen molar-refractivity contribution in [1.29, 1.82) is 0 Å². The number of halogens is 1. The predicted octanol–water partition coefficient (Wildman–Crippen LogP) is 4.77. The van der Waals surface area contributed by atoms with Crippen molar-refractivity contribution in [2.24, 2.45) is 5.41 Å². The minimum absolute atomic E-state index is 0.284. The van der Waals surface area contributed by atoms with Gasteiger partial charge in [-0.2, -0.15) is 0 Å². The maximum Gasteiger partial charge on any atom is 0.0615 e. The Labute approximate surface area is 106 Å². The first-order valence-electron chi connectivity index (χ1n) is 6.93. The van der Waals surface area contributed by atoms with Crippen LogP contribution in [0.25, 0.3) is 0 Å². The Morgan fingerprint density at radius 2 is 1.88 bits per heavy atom. The Bertz CT molecular complexity index is 184. The number of alkyl halides is 1. The lowest BCUT2D eigenvalue weighted by molar-refractivity contribution is 0.0682. The minimum Gasteiger partial charge on any atom is -0.378 e. The van der Waals surface area contributed by atoms with E-state index in [0.717, 1.165) is 18.9 Å². The van der Waals surface area contributed by atoms with Crippen molar-refractivity contribution in [1.82, 2.24) is 0 Å². The molecule has 0 bridgehead atoms. The maximum absolute atomic E-state index is 6.14. The van der Waals surface area contributed by atoms with E-state index in [0.29, 0.717) is 6.10 Å². The number of unbranched alkanes of at least 4 members (excludes halogenated alkanes) is 5. The summed E-state index contributed by atoms with van der Waals surface area (Å²) in [5.41, 5.74) is 0.284. The summed E-state index contributed by atoms with van der Waals surface area (Å²) in [4.78, 5) is 0. The molecular formula is C14H27ClO. The third kappa shape index (κ3) is 3.92. The molecule has 16 heavy (non-hydrogen) atoms. The van der Waals surface area contributed by atoms with Gasteiger partial charge in [-0.1, -0.05) is 45.4 Å². The molecule has 1 rings (SSSR count). The monoisotopic (exact) mass is 246 g/mol. The molecule has 1 heterocycles. The van der Waals surface area contributed by atoms with Crippen LogP contribution in [0, 0.1) is 5.41 Å². The molecule has 1 saturated heterocycles. The third-order valence-corrected chi connectivity index (χ3v) is 4.66. The Hall–Kier alpha value is 0.250. The van der Waals surface area contributed by atoms with Crippen LogP contribution in [0.5, 0.6) is 0 Å². The van der Waals surface area contributed by atoms with Crippen LogP contribution in [0.1, 0.15) is 65.2 Å². The van der Waals surface area contributed by atoms with Crippen LogP contribution in [-0.2, 0) is 4.74 Å². The van der Waals surface area contributed by atoms with Crippen molar-refractivity contribution < 1.29 is 4.74 Å². The Balaban J connectivity index is 2.14. The molecule has 0 aliphatic carbocycles. The average molecular weight is 247 g/mol. The second kappa shape index (κ2) is 7.55. The first-order valence-corrected chi connectivity index (χ1v) is 7.46. The van der Waals surface area contributed by atoms with Gasteiger partial charge in [-0.25, -0.2) is 0 Å². The summed E-state index contributed by atoms with van der Waals surface area (Å²) in [5, 5.41) is 0. The molecule has 1 aliphatic rings. The Morgan fingerprint density at radius 3 is 2.44 bits per heavy atom. The average Bonchev–Trinajstić information content (AvgIpc) is 2.66. The normalized spacial score (nSPS) is 29.8. The van der Waals surface area contributed by atoms with Crippen LogP contribution in [0.15, 0.2) is 0 Å². The van der Waals surface area contributed by atoms with E-state index in [4.69, 9.17) is 16.3 Å². The highest BCUT2D eigenvalue weighted by Crippen LogP contribution is 2.40. The van der Waals surface area contributed by atoms with Gasteiger partial charge >= 0.3 is 0 Å². The van der Waals surface area contributed by atoms with Gasteiger partial charge in [-0.05, 0) is 19.8 Å². The number of hydrogen-bond donors (Lipinski definition) is 0. The van der Waals surface area contributed by atoms with E-state index in [-0.39, 0.29) is 5.41 Å². The van der Waals surface area contributed by atoms with Gasteiger partial charge in [-0.3, -0.25) is 0 Å². The quantitative estimate of drug-likeness (QED) is 0.443. The van der Waals surface area contributed by atoms with Gasteiger partial charge in [0.05, 0.1) is 6.10 Å². The van der Waals surface area contributed by atoms with Gasteiger partial charge in [-0.15, -0.1) is 11.6 Å². The molecule has 1 fully saturated rings. The van der Waals surface area contributed by atoms with Gasteiger partial charge in [0.25, 0.3) is 0 Å². The van der Waals surface area contributed by atoms with Gasteiger partial charge in [0.2, 0.25) is 0 Å². The highest BCUT2D eigenvalue weighted by Gasteiger charge is 2.39. The topological polar surface area (TPSA) is 9.23 Å². The lowest BCUT2D eigenvalue weighted by atomic mass is 9.79. The van der Waals surface area contributed by atoms with E-state index in [2.05, 4.69) is 13.8 Å². The van der Waals surface area contributed by atoms with Crippen LogP contribution in [0.3, 0.4) is 0 Å². The molecule has 0 aromatic carbocycles. The Kier molecular flexibility index (Phi) is 6.75. The van der Waals surface area contributed by atoms with Crippen molar-refractivity contribution in [3.8, 4) is 0 Å². The molecule has 0 aromatic heterocycles. The van der Waals surface area contributed by atoms with E-state index < -0.39 is 0 Å². The summed E-state index contributed by atoms with van der Waals surface area (Å²) in [7, 11) is 0. The van der Waals surface area contributed by atoms with Crippen molar-refractivity contribution in [2.75, 3.05) is 12.5 Å². The van der Waals surface area contributed by atoms with E-state index in [9.17, 15) is 0 Å². The first kappa shape index (κ1) is 14.3. The number of ether oxygens (including phenoxy) is 1. The molecule has 1 aliphatic heterocycles. The largest absolute Gasteiger partial charge is 0.378 e. The fourth-order valence-corrected chi connectivity index (χ4v) is 3.13. The molecule has 2 heteroatoms. The molecule has 96 valence electrons. The second-order valence-electron chi connectivity index (χ2n) is 5.28. The van der Waals surface area contributed by atoms with Gasteiger partial charge in [0.1, 0.15) is 0 Å². The summed E-state index contributed by atoms with van der Waals surface area (Å²) in [6, 6.07) is 0. The fourth-order valence-electron chi connectivity index (χ4n) is 2.65. The van der Waals surface area contributed by atoms with Gasteiger partial charge in [0.15, 0.2) is 0 Å². The number of hydrogen-bond acceptors (Lipinski definition) is 1. The summed E-state index contributed by atoms with van der Waals surface area (Å²) in [6.07, 6.45) is 11.0. The van der Waals surface area contributed by atoms with Gasteiger partial charge in [0, 0.05) is 17.9 Å². The standard InChI is InChI=1S/C14H27ClO/c1-3-4-5-6-7-8-9-14(12-15)10-11-16-13(14)2/h13H,3-12H2,1-2H3. The molecule has 2 unspecified atom stereocenters. The summed E-state index contributed by atoms with van der Waals surface area (Å²) < 4.78 is 5.67. The zero-order valence-corrected chi connectivity index (χ0v) is 11.7. The zero-order valence-electron chi connectivity index (χ0n) is 10.9. The van der Waals surface area contributed by atoms with Crippen LogP contribution >= 0.6 is 11.6 Å². The molecule has 0 aromatic rings. The highest BCUT2D eigenvalue weighted by molar-refractivity contribution is 6.18. The molecule has 0 amide bonds. The zero-order chi connectivity index (χ0) is 11.9. The maximum atomic E-state index is 6.14. The van der Waals surface area contributed by atoms with E-state index in [1.165, 1.54) is 44.9 Å². The van der Waals surface area contributed by atoms with E-state index in [1.54, 1.807) is 0 Å². The summed E-state index contributed by atoms with van der Waals surface area (Å²) in [5.74, 6) is 0.767. The van der Waals surface area contributed by atoms with Crippen molar-refractivity contribution in [2.45, 2.75) is 71.3 Å². The van der Waals surface area contributed by atoms with Crippen LogP contribution < -0.4 is 0 Å². The van der Waals surface area contributed by atoms with Crippen molar-refractivity contribution >= 4 is 11.6 Å². The first-order chi connectivity index (χ1) is 7.75. The predicted molar refractivity (Wildman–Crippen MR) is 71.2 cm³/mol. The highest BCUT2D eigenvalue weighted by atomic mass is 35.5. The van der Waals surface area contributed by atoms with Crippen molar-refractivity contribution in [3.63, 3.8) is 0 Å². The molecule has 0 N–H and O–H groups in total. The van der Waals surface area contributed by atoms with Crippen LogP contribution in [0.2, 0.25) is 0 Å². The number of rotatable bonds is 8. The molecule has 0 saturated carbocycles. The van der Waals surface area contributed by atoms with Crippen LogP contribution in [0.4, 0.5) is 0 Å². The van der Waals surface area contributed by atoms with Crippen molar-refractivity contribution in [3.05, 3.63) is 0 Å². The molecule has 0 radical (unpaired) electrons.